The first-order chi connectivity index (χ1) is 15.5. The highest BCUT2D eigenvalue weighted by molar-refractivity contribution is 5.94. The van der Waals surface area contributed by atoms with E-state index in [1.807, 2.05) is 16.7 Å². The second-order valence-corrected chi connectivity index (χ2v) is 8.37. The summed E-state index contributed by atoms with van der Waals surface area (Å²) in [4.78, 5) is 33.9. The van der Waals surface area contributed by atoms with Gasteiger partial charge in [-0.1, -0.05) is 54.1 Å². The van der Waals surface area contributed by atoms with E-state index >= 15 is 0 Å². The number of likely N-dealkylation sites (N-methyl/N-ethyl adjacent to an activating group) is 1. The lowest BCUT2D eigenvalue weighted by Gasteiger charge is -2.23. The van der Waals surface area contributed by atoms with E-state index in [0.717, 1.165) is 11.1 Å². The molecule has 2 aromatic carbocycles. The molecule has 0 aliphatic carbocycles. The summed E-state index contributed by atoms with van der Waals surface area (Å²) in [6, 6.07) is 20.3. The fourth-order valence-corrected chi connectivity index (χ4v) is 4.31. The fourth-order valence-electron chi connectivity index (χ4n) is 4.31. The SMILES string of the molecule is CCN1CCN(C(=O)c2ccncc2)CC(Cc2ccc(-c3cccc(C)c3)cc2)C1=O. The third-order valence-corrected chi connectivity index (χ3v) is 6.13. The lowest BCUT2D eigenvalue weighted by atomic mass is 9.95. The second kappa shape index (κ2) is 9.77. The van der Waals surface area contributed by atoms with Crippen molar-refractivity contribution >= 4 is 11.8 Å². The first-order valence-corrected chi connectivity index (χ1v) is 11.2. The third kappa shape index (κ3) is 4.88. The van der Waals surface area contributed by atoms with E-state index in [0.29, 0.717) is 38.2 Å². The number of aromatic nitrogens is 1. The molecule has 1 fully saturated rings. The van der Waals surface area contributed by atoms with Crippen LogP contribution in [0, 0.1) is 12.8 Å². The van der Waals surface area contributed by atoms with E-state index in [2.05, 4.69) is 60.4 Å². The summed E-state index contributed by atoms with van der Waals surface area (Å²) in [5.74, 6) is -0.175. The van der Waals surface area contributed by atoms with Crippen LogP contribution in [0.25, 0.3) is 11.1 Å². The average molecular weight is 428 g/mol. The standard InChI is InChI=1S/C27H29N3O2/c1-3-29-15-16-30(26(31)23-11-13-28-14-12-23)19-25(27(29)32)18-21-7-9-22(10-8-21)24-6-4-5-20(2)17-24/h4-14,17,25H,3,15-16,18-19H2,1-2H3. The van der Waals surface area contributed by atoms with Gasteiger partial charge in [0, 0.05) is 44.1 Å². The van der Waals surface area contributed by atoms with Crippen molar-refractivity contribution < 1.29 is 9.59 Å². The van der Waals surface area contributed by atoms with Crippen molar-refractivity contribution in [1.29, 1.82) is 0 Å². The smallest absolute Gasteiger partial charge is 0.254 e. The van der Waals surface area contributed by atoms with Crippen LogP contribution >= 0.6 is 0 Å². The molecule has 1 aliphatic rings. The van der Waals surface area contributed by atoms with E-state index in [1.54, 1.807) is 24.5 Å². The number of hydrogen-bond acceptors (Lipinski definition) is 3. The third-order valence-electron chi connectivity index (χ3n) is 6.13. The number of carbonyl (C=O) groups is 2. The van der Waals surface area contributed by atoms with Gasteiger partial charge in [0.05, 0.1) is 5.92 Å². The van der Waals surface area contributed by atoms with Gasteiger partial charge >= 0.3 is 0 Å². The van der Waals surface area contributed by atoms with E-state index in [4.69, 9.17) is 0 Å². The minimum atomic E-state index is -0.256. The highest BCUT2D eigenvalue weighted by Gasteiger charge is 2.32. The van der Waals surface area contributed by atoms with Crippen molar-refractivity contribution in [2.75, 3.05) is 26.2 Å². The Morgan fingerprint density at radius 1 is 1.00 bits per heavy atom. The maximum absolute atomic E-state index is 13.2. The molecule has 0 saturated carbocycles. The molecule has 3 aromatic rings. The Kier molecular flexibility index (Phi) is 6.64. The molecule has 1 aromatic heterocycles. The highest BCUT2D eigenvalue weighted by atomic mass is 16.2. The Balaban J connectivity index is 1.53. The quantitative estimate of drug-likeness (QED) is 0.613. The van der Waals surface area contributed by atoms with Crippen molar-refractivity contribution in [3.63, 3.8) is 0 Å². The largest absolute Gasteiger partial charge is 0.341 e. The van der Waals surface area contributed by atoms with Crippen LogP contribution in [-0.4, -0.2) is 52.8 Å². The highest BCUT2D eigenvalue weighted by Crippen LogP contribution is 2.23. The van der Waals surface area contributed by atoms with Crippen LogP contribution in [0.5, 0.6) is 0 Å². The van der Waals surface area contributed by atoms with Gasteiger partial charge < -0.3 is 9.80 Å². The maximum Gasteiger partial charge on any atom is 0.254 e. The Morgan fingerprint density at radius 3 is 2.44 bits per heavy atom. The summed E-state index contributed by atoms with van der Waals surface area (Å²) in [5.41, 5.74) is 5.30. The van der Waals surface area contributed by atoms with Gasteiger partial charge in [0.25, 0.3) is 5.91 Å². The Labute approximate surface area is 189 Å². The molecule has 164 valence electrons. The molecule has 1 unspecified atom stereocenters. The number of hydrogen-bond donors (Lipinski definition) is 0. The molecule has 4 rings (SSSR count). The monoisotopic (exact) mass is 427 g/mol. The van der Waals surface area contributed by atoms with Crippen molar-refractivity contribution in [3.8, 4) is 11.1 Å². The van der Waals surface area contributed by atoms with E-state index in [-0.39, 0.29) is 17.7 Å². The van der Waals surface area contributed by atoms with Gasteiger partial charge in [0.15, 0.2) is 0 Å². The second-order valence-electron chi connectivity index (χ2n) is 8.37. The van der Waals surface area contributed by atoms with E-state index in [1.165, 1.54) is 11.1 Å². The molecule has 5 heteroatoms. The lowest BCUT2D eigenvalue weighted by Crippen LogP contribution is -2.37. The van der Waals surface area contributed by atoms with Crippen molar-refractivity contribution in [2.45, 2.75) is 20.3 Å². The molecule has 1 atom stereocenters. The topological polar surface area (TPSA) is 53.5 Å². The van der Waals surface area contributed by atoms with Crippen molar-refractivity contribution in [1.82, 2.24) is 14.8 Å². The Morgan fingerprint density at radius 2 is 1.75 bits per heavy atom. The molecule has 0 N–H and O–H groups in total. The molecular formula is C27H29N3O2. The zero-order valence-electron chi connectivity index (χ0n) is 18.7. The van der Waals surface area contributed by atoms with Gasteiger partial charge in [-0.15, -0.1) is 0 Å². The molecule has 0 bridgehead atoms. The molecule has 0 spiro atoms. The van der Waals surface area contributed by atoms with Gasteiger partial charge in [-0.3, -0.25) is 14.6 Å². The lowest BCUT2D eigenvalue weighted by molar-refractivity contribution is -0.134. The molecule has 2 heterocycles. The summed E-state index contributed by atoms with van der Waals surface area (Å²) >= 11 is 0. The van der Waals surface area contributed by atoms with Crippen LogP contribution in [0.2, 0.25) is 0 Å². The van der Waals surface area contributed by atoms with Crippen LogP contribution in [0.1, 0.15) is 28.4 Å². The van der Waals surface area contributed by atoms with Crippen molar-refractivity contribution in [3.05, 3.63) is 89.7 Å². The van der Waals surface area contributed by atoms with Crippen LogP contribution in [-0.2, 0) is 11.2 Å². The number of aryl methyl sites for hydroxylation is 1. The molecule has 1 saturated heterocycles. The van der Waals surface area contributed by atoms with Crippen molar-refractivity contribution in [2.24, 2.45) is 5.92 Å². The number of carbonyl (C=O) groups excluding carboxylic acids is 2. The van der Waals surface area contributed by atoms with Gasteiger partial charge in [-0.25, -0.2) is 0 Å². The number of pyridine rings is 1. The predicted octanol–water partition coefficient (Wildman–Crippen LogP) is 4.22. The minimum absolute atomic E-state index is 0.0436. The number of benzene rings is 2. The predicted molar refractivity (Wildman–Crippen MR) is 126 cm³/mol. The summed E-state index contributed by atoms with van der Waals surface area (Å²) in [5, 5.41) is 0. The number of amides is 2. The number of nitrogens with zero attached hydrogens (tertiary/aromatic N) is 3. The van der Waals surface area contributed by atoms with Gasteiger partial charge in [0.1, 0.15) is 0 Å². The number of rotatable bonds is 5. The summed E-state index contributed by atoms with van der Waals surface area (Å²) in [6.07, 6.45) is 3.87. The Hall–Kier alpha value is -3.47. The summed E-state index contributed by atoms with van der Waals surface area (Å²) < 4.78 is 0. The summed E-state index contributed by atoms with van der Waals surface area (Å²) in [7, 11) is 0. The zero-order chi connectivity index (χ0) is 22.5. The van der Waals surface area contributed by atoms with Gasteiger partial charge in [-0.2, -0.15) is 0 Å². The normalized spacial score (nSPS) is 16.7. The fraction of sp³-hybridized carbons (Fsp3) is 0.296. The minimum Gasteiger partial charge on any atom is -0.341 e. The van der Waals surface area contributed by atoms with Gasteiger partial charge in [-0.05, 0) is 49.1 Å². The van der Waals surface area contributed by atoms with Crippen LogP contribution in [0.15, 0.2) is 73.1 Å². The molecule has 2 amide bonds. The first-order valence-electron chi connectivity index (χ1n) is 11.2. The van der Waals surface area contributed by atoms with Crippen LogP contribution in [0.4, 0.5) is 0 Å². The average Bonchev–Trinajstić information content (AvgIpc) is 2.98. The van der Waals surface area contributed by atoms with Gasteiger partial charge in [0.2, 0.25) is 5.91 Å². The molecule has 1 aliphatic heterocycles. The van der Waals surface area contributed by atoms with E-state index < -0.39 is 0 Å². The first kappa shape index (κ1) is 21.8. The zero-order valence-corrected chi connectivity index (χ0v) is 18.7. The summed E-state index contributed by atoms with van der Waals surface area (Å²) in [6.45, 7) is 6.27. The maximum atomic E-state index is 13.2. The van der Waals surface area contributed by atoms with Crippen LogP contribution < -0.4 is 0 Å². The Bertz CT molecular complexity index is 1080. The van der Waals surface area contributed by atoms with E-state index in [9.17, 15) is 9.59 Å². The molecule has 5 nitrogen and oxygen atoms in total. The molecule has 32 heavy (non-hydrogen) atoms. The molecule has 0 radical (unpaired) electrons. The molecular weight excluding hydrogens is 398 g/mol. The van der Waals surface area contributed by atoms with Crippen LogP contribution in [0.3, 0.4) is 0 Å².